The van der Waals surface area contributed by atoms with E-state index < -0.39 is 21.4 Å². The number of nitrogens with zero attached hydrogens (tertiary/aromatic N) is 1. The Hall–Kier alpha value is -1.60. The van der Waals surface area contributed by atoms with Crippen molar-refractivity contribution in [3.8, 4) is 0 Å². The molecule has 0 bridgehead atoms. The van der Waals surface area contributed by atoms with Gasteiger partial charge in [-0.2, -0.15) is 0 Å². The Kier molecular flexibility index (Phi) is 4.77. The highest BCUT2D eigenvalue weighted by Crippen LogP contribution is 2.25. The van der Waals surface area contributed by atoms with Crippen LogP contribution in [0, 0.1) is 5.41 Å². The molecule has 112 valence electrons. The van der Waals surface area contributed by atoms with Gasteiger partial charge in [0.15, 0.2) is 0 Å². The molecule has 1 aromatic rings. The Morgan fingerprint density at radius 3 is 2.35 bits per heavy atom. The van der Waals surface area contributed by atoms with E-state index in [4.69, 9.17) is 5.11 Å². The molecular weight excluding hydrogens is 280 g/mol. The first kappa shape index (κ1) is 16.5. The lowest BCUT2D eigenvalue weighted by Crippen LogP contribution is -2.32. The maximum absolute atomic E-state index is 12.2. The molecule has 0 amide bonds. The summed E-state index contributed by atoms with van der Waals surface area (Å²) in [6.07, 6.45) is 0. The molecular formula is C13H20N2O4S. The van der Waals surface area contributed by atoms with E-state index in [1.807, 2.05) is 0 Å². The van der Waals surface area contributed by atoms with Crippen molar-refractivity contribution < 1.29 is 18.3 Å². The molecule has 1 rings (SSSR count). The van der Waals surface area contributed by atoms with E-state index in [1.165, 1.54) is 20.2 Å². The quantitative estimate of drug-likeness (QED) is 0.830. The average Bonchev–Trinajstić information content (AvgIpc) is 2.36. The number of carbonyl (C=O) groups is 1. The first-order chi connectivity index (χ1) is 9.09. The van der Waals surface area contributed by atoms with Gasteiger partial charge in [0.05, 0.1) is 11.1 Å². The third-order valence-electron chi connectivity index (χ3n) is 2.95. The fraction of sp³-hybridized carbons (Fsp3) is 0.462. The minimum Gasteiger partial charge on any atom is -0.481 e. The van der Waals surface area contributed by atoms with Gasteiger partial charge in [0.1, 0.15) is 4.90 Å². The zero-order valence-corrected chi connectivity index (χ0v) is 12.9. The lowest BCUT2D eigenvalue weighted by molar-refractivity contribution is -0.146. The Morgan fingerprint density at radius 1 is 1.30 bits per heavy atom. The molecule has 2 N–H and O–H groups in total. The van der Waals surface area contributed by atoms with E-state index in [-0.39, 0.29) is 11.4 Å². The van der Waals surface area contributed by atoms with E-state index in [2.05, 4.69) is 5.32 Å². The molecule has 7 heteroatoms. The zero-order chi connectivity index (χ0) is 15.6. The number of benzene rings is 1. The third-order valence-corrected chi connectivity index (χ3v) is 4.82. The molecule has 0 atom stereocenters. The number of carboxylic acids is 1. The Labute approximate surface area is 119 Å². The van der Waals surface area contributed by atoms with Crippen molar-refractivity contribution in [1.29, 1.82) is 0 Å². The molecule has 0 heterocycles. The van der Waals surface area contributed by atoms with Crippen LogP contribution in [0.25, 0.3) is 0 Å². The van der Waals surface area contributed by atoms with Crippen LogP contribution in [-0.2, 0) is 14.8 Å². The van der Waals surface area contributed by atoms with E-state index >= 15 is 0 Å². The van der Waals surface area contributed by atoms with Crippen molar-refractivity contribution >= 4 is 21.7 Å². The predicted octanol–water partition coefficient (Wildman–Crippen LogP) is 1.46. The van der Waals surface area contributed by atoms with E-state index in [1.54, 1.807) is 32.0 Å². The van der Waals surface area contributed by atoms with Gasteiger partial charge in [-0.25, -0.2) is 12.7 Å². The summed E-state index contributed by atoms with van der Waals surface area (Å²) in [5, 5.41) is 12.0. The highest BCUT2D eigenvalue weighted by Gasteiger charge is 2.28. The molecule has 0 fully saturated rings. The number of aliphatic carboxylic acids is 1. The van der Waals surface area contributed by atoms with Crippen LogP contribution < -0.4 is 5.32 Å². The summed E-state index contributed by atoms with van der Waals surface area (Å²) in [6, 6.07) is 6.44. The SMILES string of the molecule is CN(C)S(=O)(=O)c1ccccc1NCC(C)(C)C(=O)O. The minimum atomic E-state index is -3.57. The summed E-state index contributed by atoms with van der Waals surface area (Å²) in [5.41, 5.74) is -0.592. The van der Waals surface area contributed by atoms with Gasteiger partial charge in [-0.1, -0.05) is 12.1 Å². The molecule has 6 nitrogen and oxygen atoms in total. The molecule has 20 heavy (non-hydrogen) atoms. The second kappa shape index (κ2) is 5.80. The fourth-order valence-electron chi connectivity index (χ4n) is 1.43. The van der Waals surface area contributed by atoms with E-state index in [0.29, 0.717) is 5.69 Å². The molecule has 0 radical (unpaired) electrons. The van der Waals surface area contributed by atoms with Gasteiger partial charge in [-0.15, -0.1) is 0 Å². The summed E-state index contributed by atoms with van der Waals surface area (Å²) in [4.78, 5) is 11.2. The first-order valence-corrected chi connectivity index (χ1v) is 7.52. The third kappa shape index (κ3) is 3.49. The van der Waals surface area contributed by atoms with Crippen LogP contribution in [0.1, 0.15) is 13.8 Å². The van der Waals surface area contributed by atoms with E-state index in [9.17, 15) is 13.2 Å². The van der Waals surface area contributed by atoms with Crippen molar-refractivity contribution in [2.45, 2.75) is 18.7 Å². The highest BCUT2D eigenvalue weighted by molar-refractivity contribution is 7.89. The van der Waals surface area contributed by atoms with Crippen LogP contribution in [0.3, 0.4) is 0 Å². The maximum atomic E-state index is 12.2. The van der Waals surface area contributed by atoms with Crippen LogP contribution in [0.4, 0.5) is 5.69 Å². The van der Waals surface area contributed by atoms with Gasteiger partial charge in [0, 0.05) is 20.6 Å². The lowest BCUT2D eigenvalue weighted by atomic mass is 9.94. The van der Waals surface area contributed by atoms with Crippen molar-refractivity contribution in [2.24, 2.45) is 5.41 Å². The van der Waals surface area contributed by atoms with Crippen molar-refractivity contribution in [3.63, 3.8) is 0 Å². The smallest absolute Gasteiger partial charge is 0.310 e. The second-order valence-electron chi connectivity index (χ2n) is 5.33. The van der Waals surface area contributed by atoms with Crippen LogP contribution in [0.2, 0.25) is 0 Å². The number of carboxylic acid groups (broad SMARTS) is 1. The Balaban J connectivity index is 3.08. The molecule has 1 aromatic carbocycles. The monoisotopic (exact) mass is 300 g/mol. The Morgan fingerprint density at radius 2 is 1.85 bits per heavy atom. The van der Waals surface area contributed by atoms with Gasteiger partial charge in [0.25, 0.3) is 0 Å². The van der Waals surface area contributed by atoms with Crippen molar-refractivity contribution in [2.75, 3.05) is 26.0 Å². The molecule has 0 unspecified atom stereocenters. The summed E-state index contributed by atoms with van der Waals surface area (Å²) in [5.74, 6) is -0.946. The van der Waals surface area contributed by atoms with Crippen molar-refractivity contribution in [3.05, 3.63) is 24.3 Å². The molecule has 0 aliphatic carbocycles. The summed E-state index contributed by atoms with van der Waals surface area (Å²) < 4.78 is 25.5. The standard InChI is InChI=1S/C13H20N2O4S/c1-13(2,12(16)17)9-14-10-7-5-6-8-11(10)20(18,19)15(3)4/h5-8,14H,9H2,1-4H3,(H,16,17). The lowest BCUT2D eigenvalue weighted by Gasteiger charge is -2.22. The number of nitrogens with one attached hydrogen (secondary N) is 1. The van der Waals surface area contributed by atoms with Gasteiger partial charge < -0.3 is 10.4 Å². The Bertz CT molecular complexity index is 594. The second-order valence-corrected chi connectivity index (χ2v) is 7.45. The van der Waals surface area contributed by atoms with Crippen LogP contribution in [-0.4, -0.2) is 44.4 Å². The van der Waals surface area contributed by atoms with Crippen LogP contribution in [0.5, 0.6) is 0 Å². The summed E-state index contributed by atoms with van der Waals surface area (Å²) in [7, 11) is -0.669. The number of para-hydroxylation sites is 1. The normalized spacial score (nSPS) is 12.4. The first-order valence-electron chi connectivity index (χ1n) is 6.08. The van der Waals surface area contributed by atoms with Crippen molar-refractivity contribution in [1.82, 2.24) is 4.31 Å². The molecule has 0 aliphatic rings. The molecule has 0 aliphatic heterocycles. The van der Waals surface area contributed by atoms with Gasteiger partial charge >= 0.3 is 5.97 Å². The van der Waals surface area contributed by atoms with Crippen LogP contribution in [0.15, 0.2) is 29.2 Å². The number of rotatable bonds is 6. The van der Waals surface area contributed by atoms with Gasteiger partial charge in [-0.05, 0) is 26.0 Å². The predicted molar refractivity (Wildman–Crippen MR) is 77.2 cm³/mol. The number of sulfonamides is 1. The van der Waals surface area contributed by atoms with Gasteiger partial charge in [-0.3, -0.25) is 4.79 Å². The minimum absolute atomic E-state index is 0.127. The zero-order valence-electron chi connectivity index (χ0n) is 12.0. The fourth-order valence-corrected chi connectivity index (χ4v) is 2.49. The summed E-state index contributed by atoms with van der Waals surface area (Å²) in [6.45, 7) is 3.28. The summed E-state index contributed by atoms with van der Waals surface area (Å²) >= 11 is 0. The molecule has 0 aromatic heterocycles. The molecule has 0 saturated carbocycles. The maximum Gasteiger partial charge on any atom is 0.310 e. The van der Waals surface area contributed by atoms with E-state index in [0.717, 1.165) is 4.31 Å². The number of hydrogen-bond donors (Lipinski definition) is 2. The van der Waals surface area contributed by atoms with Gasteiger partial charge in [0.2, 0.25) is 10.0 Å². The highest BCUT2D eigenvalue weighted by atomic mass is 32.2. The largest absolute Gasteiger partial charge is 0.481 e. The molecule has 0 spiro atoms. The molecule has 0 saturated heterocycles. The topological polar surface area (TPSA) is 86.7 Å². The van der Waals surface area contributed by atoms with Crippen LogP contribution >= 0.6 is 0 Å². The average molecular weight is 300 g/mol. The number of anilines is 1. The number of hydrogen-bond acceptors (Lipinski definition) is 4.